The van der Waals surface area contributed by atoms with E-state index >= 15 is 0 Å². The second-order valence-corrected chi connectivity index (χ2v) is 8.45. The summed E-state index contributed by atoms with van der Waals surface area (Å²) in [5, 5.41) is 11.2. The second kappa shape index (κ2) is 12.5. The molecule has 0 aliphatic rings. The maximum Gasteiger partial charge on any atom is 0.416 e. The number of carbonyl (C=O) groups excluding carboxylic acids is 2. The van der Waals surface area contributed by atoms with Crippen molar-refractivity contribution in [1.29, 1.82) is 0 Å². The van der Waals surface area contributed by atoms with Crippen LogP contribution in [0.5, 0.6) is 0 Å². The molecular formula is C22H29F3N4O2S. The summed E-state index contributed by atoms with van der Waals surface area (Å²) < 4.78 is 38.1. The molecule has 2 aromatic rings. The quantitative estimate of drug-likeness (QED) is 0.400. The van der Waals surface area contributed by atoms with Gasteiger partial charge in [-0.25, -0.2) is 0 Å². The summed E-state index contributed by atoms with van der Waals surface area (Å²) in [4.78, 5) is 26.4. The molecule has 0 fully saturated rings. The van der Waals surface area contributed by atoms with Crippen molar-refractivity contribution in [2.75, 3.05) is 18.4 Å². The molecule has 6 nitrogen and oxygen atoms in total. The van der Waals surface area contributed by atoms with E-state index in [4.69, 9.17) is 0 Å². The zero-order valence-corrected chi connectivity index (χ0v) is 19.2. The van der Waals surface area contributed by atoms with Crippen LogP contribution in [-0.2, 0) is 15.8 Å². The average Bonchev–Trinajstić information content (AvgIpc) is 3.22. The van der Waals surface area contributed by atoms with Crippen molar-refractivity contribution in [3.8, 4) is 10.6 Å². The summed E-state index contributed by atoms with van der Waals surface area (Å²) in [6.45, 7) is 5.04. The number of rotatable bonds is 12. The minimum absolute atomic E-state index is 0.0660. The molecule has 2 rings (SSSR count). The first-order valence-electron chi connectivity index (χ1n) is 10.8. The molecular weight excluding hydrogens is 441 g/mol. The van der Waals surface area contributed by atoms with Gasteiger partial charge in [-0.1, -0.05) is 56.6 Å². The number of anilines is 1. The standard InChI is InChI=1S/C22H29F3N4O2S/c1-3-5-6-7-8-19(31)29(14-4-2)15-13-18(30)26-21-28-27-20(32-21)16-9-11-17(12-10-16)22(23,24)25/h9-12H,3-8,13-15H2,1-2H3,(H,26,28,30). The Kier molecular flexibility index (Phi) is 10.1. The number of alkyl halides is 3. The van der Waals surface area contributed by atoms with Crippen LogP contribution in [0.3, 0.4) is 0 Å². The molecule has 10 heteroatoms. The van der Waals surface area contributed by atoms with Crippen molar-refractivity contribution >= 4 is 28.3 Å². The normalized spacial score (nSPS) is 11.4. The Bertz CT molecular complexity index is 869. The molecule has 0 aliphatic heterocycles. The number of amides is 2. The van der Waals surface area contributed by atoms with Crippen molar-refractivity contribution in [1.82, 2.24) is 15.1 Å². The van der Waals surface area contributed by atoms with Crippen molar-refractivity contribution in [3.63, 3.8) is 0 Å². The first-order valence-corrected chi connectivity index (χ1v) is 11.6. The van der Waals surface area contributed by atoms with E-state index in [9.17, 15) is 22.8 Å². The first kappa shape index (κ1) is 25.8. The van der Waals surface area contributed by atoms with Gasteiger partial charge in [-0.2, -0.15) is 13.2 Å². The van der Waals surface area contributed by atoms with E-state index in [-0.39, 0.29) is 23.4 Å². The summed E-state index contributed by atoms with van der Waals surface area (Å²) >= 11 is 1.08. The number of nitrogens with one attached hydrogen (secondary N) is 1. The minimum atomic E-state index is -4.40. The third-order valence-corrected chi connectivity index (χ3v) is 5.72. The van der Waals surface area contributed by atoms with Gasteiger partial charge in [-0.3, -0.25) is 9.59 Å². The van der Waals surface area contributed by atoms with E-state index < -0.39 is 11.7 Å². The topological polar surface area (TPSA) is 75.2 Å². The molecule has 32 heavy (non-hydrogen) atoms. The predicted octanol–water partition coefficient (Wildman–Crippen LogP) is 5.76. The van der Waals surface area contributed by atoms with Gasteiger partial charge in [-0.15, -0.1) is 10.2 Å². The number of hydrogen-bond donors (Lipinski definition) is 1. The van der Waals surface area contributed by atoms with Crippen LogP contribution in [0.1, 0.15) is 64.4 Å². The first-order chi connectivity index (χ1) is 15.2. The van der Waals surface area contributed by atoms with Crippen LogP contribution in [0.4, 0.5) is 18.3 Å². The molecule has 1 aromatic heterocycles. The Morgan fingerprint density at radius 2 is 1.69 bits per heavy atom. The van der Waals surface area contributed by atoms with Gasteiger partial charge in [0.25, 0.3) is 0 Å². The third-order valence-electron chi connectivity index (χ3n) is 4.83. The Balaban J connectivity index is 1.87. The molecule has 0 aliphatic carbocycles. The van der Waals surface area contributed by atoms with Crippen LogP contribution in [0, 0.1) is 0 Å². The number of aromatic nitrogens is 2. The highest BCUT2D eigenvalue weighted by Gasteiger charge is 2.30. The van der Waals surface area contributed by atoms with Gasteiger partial charge in [0.15, 0.2) is 0 Å². The molecule has 0 spiro atoms. The number of hydrogen-bond acceptors (Lipinski definition) is 5. The third kappa shape index (κ3) is 8.22. The van der Waals surface area contributed by atoms with Crippen molar-refractivity contribution in [2.24, 2.45) is 0 Å². The molecule has 2 amide bonds. The Labute approximate surface area is 190 Å². The lowest BCUT2D eigenvalue weighted by molar-refractivity contribution is -0.137. The molecule has 0 radical (unpaired) electrons. The zero-order chi connectivity index (χ0) is 23.6. The van der Waals surface area contributed by atoms with E-state index in [1.165, 1.54) is 12.1 Å². The van der Waals surface area contributed by atoms with Crippen LogP contribution >= 0.6 is 11.3 Å². The van der Waals surface area contributed by atoms with Crippen LogP contribution in [0.25, 0.3) is 10.6 Å². The highest BCUT2D eigenvalue weighted by molar-refractivity contribution is 7.18. The van der Waals surface area contributed by atoms with Crippen LogP contribution in [-0.4, -0.2) is 40.0 Å². The molecule has 1 aromatic carbocycles. The highest BCUT2D eigenvalue weighted by atomic mass is 32.1. The fourth-order valence-corrected chi connectivity index (χ4v) is 3.87. The van der Waals surface area contributed by atoms with E-state index in [0.717, 1.165) is 55.6 Å². The lowest BCUT2D eigenvalue weighted by Crippen LogP contribution is -2.34. The smallest absolute Gasteiger partial charge is 0.342 e. The summed E-state index contributed by atoms with van der Waals surface area (Å²) in [5.74, 6) is -0.226. The number of unbranched alkanes of at least 4 members (excludes halogenated alkanes) is 3. The fourth-order valence-electron chi connectivity index (χ4n) is 3.10. The SMILES string of the molecule is CCCCCCC(=O)N(CCC)CCC(=O)Nc1nnc(-c2ccc(C(F)(F)F)cc2)s1. The van der Waals surface area contributed by atoms with Crippen LogP contribution in [0.2, 0.25) is 0 Å². The highest BCUT2D eigenvalue weighted by Crippen LogP contribution is 2.32. The van der Waals surface area contributed by atoms with Gasteiger partial charge in [0.2, 0.25) is 16.9 Å². The monoisotopic (exact) mass is 470 g/mol. The molecule has 0 saturated heterocycles. The van der Waals surface area contributed by atoms with Crippen LogP contribution in [0.15, 0.2) is 24.3 Å². The summed E-state index contributed by atoms with van der Waals surface area (Å²) in [6, 6.07) is 4.61. The molecule has 0 unspecified atom stereocenters. The summed E-state index contributed by atoms with van der Waals surface area (Å²) in [6.07, 6.45) is 1.15. The number of halogens is 3. The Morgan fingerprint density at radius 1 is 0.969 bits per heavy atom. The summed E-state index contributed by atoms with van der Waals surface area (Å²) in [7, 11) is 0. The van der Waals surface area contributed by atoms with E-state index in [2.05, 4.69) is 22.4 Å². The molecule has 0 bridgehead atoms. The van der Waals surface area contributed by atoms with Crippen LogP contribution < -0.4 is 5.32 Å². The number of carbonyl (C=O) groups is 2. The van der Waals surface area contributed by atoms with E-state index in [0.29, 0.717) is 30.1 Å². The molecule has 0 saturated carbocycles. The maximum absolute atomic E-state index is 12.7. The Morgan fingerprint density at radius 3 is 2.31 bits per heavy atom. The molecule has 1 heterocycles. The van der Waals surface area contributed by atoms with Gasteiger partial charge in [0.05, 0.1) is 5.56 Å². The van der Waals surface area contributed by atoms with Gasteiger partial charge >= 0.3 is 6.18 Å². The van der Waals surface area contributed by atoms with Crippen molar-refractivity contribution in [3.05, 3.63) is 29.8 Å². The average molecular weight is 471 g/mol. The largest absolute Gasteiger partial charge is 0.416 e. The maximum atomic E-state index is 12.7. The molecule has 0 atom stereocenters. The second-order valence-electron chi connectivity index (χ2n) is 7.48. The lowest BCUT2D eigenvalue weighted by Gasteiger charge is -2.21. The Hall–Kier alpha value is -2.49. The van der Waals surface area contributed by atoms with Gasteiger partial charge < -0.3 is 10.2 Å². The lowest BCUT2D eigenvalue weighted by atomic mass is 10.1. The fraction of sp³-hybridized carbons (Fsp3) is 0.545. The number of nitrogens with zero attached hydrogens (tertiary/aromatic N) is 3. The molecule has 176 valence electrons. The zero-order valence-electron chi connectivity index (χ0n) is 18.4. The number of benzene rings is 1. The molecule has 1 N–H and O–H groups in total. The predicted molar refractivity (Wildman–Crippen MR) is 119 cm³/mol. The van der Waals surface area contributed by atoms with Gasteiger partial charge in [0.1, 0.15) is 5.01 Å². The van der Waals surface area contributed by atoms with E-state index in [1.807, 2.05) is 6.92 Å². The van der Waals surface area contributed by atoms with Gasteiger partial charge in [0, 0.05) is 31.5 Å². The van der Waals surface area contributed by atoms with Crippen molar-refractivity contribution in [2.45, 2.75) is 65.0 Å². The summed E-state index contributed by atoms with van der Waals surface area (Å²) in [5.41, 5.74) is -0.255. The van der Waals surface area contributed by atoms with E-state index in [1.54, 1.807) is 4.90 Å². The van der Waals surface area contributed by atoms with Gasteiger partial charge in [-0.05, 0) is 25.0 Å². The minimum Gasteiger partial charge on any atom is -0.342 e. The van der Waals surface area contributed by atoms with Crippen molar-refractivity contribution < 1.29 is 22.8 Å².